The lowest BCUT2D eigenvalue weighted by Crippen LogP contribution is -2.03. The van der Waals surface area contributed by atoms with Gasteiger partial charge < -0.3 is 9.30 Å². The molecule has 0 saturated carbocycles. The van der Waals surface area contributed by atoms with Gasteiger partial charge in [-0.2, -0.15) is 0 Å². The van der Waals surface area contributed by atoms with Crippen molar-refractivity contribution in [2.45, 2.75) is 13.5 Å². The van der Waals surface area contributed by atoms with Gasteiger partial charge >= 0.3 is 0 Å². The van der Waals surface area contributed by atoms with Crippen LogP contribution >= 0.6 is 15.9 Å². The maximum absolute atomic E-state index is 5.69. The van der Waals surface area contributed by atoms with Crippen LogP contribution in [0.1, 0.15) is 11.4 Å². The number of rotatable bonds is 3. The van der Waals surface area contributed by atoms with Gasteiger partial charge in [-0.1, -0.05) is 6.07 Å². The Morgan fingerprint density at radius 2 is 2.25 bits per heavy atom. The normalized spacial score (nSPS) is 10.4. The van der Waals surface area contributed by atoms with Crippen molar-refractivity contribution < 1.29 is 4.74 Å². The lowest BCUT2D eigenvalue weighted by atomic mass is 10.2. The van der Waals surface area contributed by atoms with E-state index >= 15 is 0 Å². The fourth-order valence-electron chi connectivity index (χ4n) is 1.40. The molecule has 0 radical (unpaired) electrons. The number of aromatic nitrogens is 2. The molecule has 0 aliphatic heterocycles. The Balaban J connectivity index is 2.08. The Morgan fingerprint density at radius 3 is 2.88 bits per heavy atom. The summed E-state index contributed by atoms with van der Waals surface area (Å²) in [5.41, 5.74) is 1.20. The zero-order chi connectivity index (χ0) is 11.5. The van der Waals surface area contributed by atoms with Gasteiger partial charge in [-0.15, -0.1) is 0 Å². The number of ether oxygens (including phenoxy) is 1. The first-order chi connectivity index (χ1) is 7.66. The molecule has 16 heavy (non-hydrogen) atoms. The van der Waals surface area contributed by atoms with Gasteiger partial charge in [0.25, 0.3) is 0 Å². The first-order valence-corrected chi connectivity index (χ1v) is 5.81. The van der Waals surface area contributed by atoms with E-state index in [1.807, 2.05) is 42.9 Å². The highest BCUT2D eigenvalue weighted by Crippen LogP contribution is 2.26. The lowest BCUT2D eigenvalue weighted by molar-refractivity contribution is 0.290. The van der Waals surface area contributed by atoms with Crippen molar-refractivity contribution in [2.24, 2.45) is 7.05 Å². The van der Waals surface area contributed by atoms with E-state index in [9.17, 15) is 0 Å². The van der Waals surface area contributed by atoms with Crippen molar-refractivity contribution in [3.05, 3.63) is 46.5 Å². The minimum absolute atomic E-state index is 0.477. The molecule has 0 bridgehead atoms. The van der Waals surface area contributed by atoms with Crippen molar-refractivity contribution in [3.8, 4) is 5.75 Å². The zero-order valence-corrected chi connectivity index (χ0v) is 10.9. The number of nitrogens with zero attached hydrogens (tertiary/aromatic N) is 2. The topological polar surface area (TPSA) is 27.1 Å². The van der Waals surface area contributed by atoms with Gasteiger partial charge in [-0.25, -0.2) is 4.98 Å². The van der Waals surface area contributed by atoms with E-state index in [0.29, 0.717) is 6.61 Å². The summed E-state index contributed by atoms with van der Waals surface area (Å²) in [4.78, 5) is 4.20. The molecule has 2 aromatic rings. The Labute approximate surface area is 103 Å². The largest absolute Gasteiger partial charge is 0.485 e. The van der Waals surface area contributed by atoms with E-state index in [1.165, 1.54) is 5.56 Å². The second-order valence-corrected chi connectivity index (χ2v) is 4.53. The van der Waals surface area contributed by atoms with Crippen LogP contribution in [0.4, 0.5) is 0 Å². The summed E-state index contributed by atoms with van der Waals surface area (Å²) in [5.74, 6) is 1.75. The number of halogens is 1. The van der Waals surface area contributed by atoms with E-state index in [0.717, 1.165) is 16.0 Å². The van der Waals surface area contributed by atoms with Crippen LogP contribution in [0.2, 0.25) is 0 Å². The molecule has 0 aliphatic rings. The van der Waals surface area contributed by atoms with Crippen molar-refractivity contribution in [3.63, 3.8) is 0 Å². The molecule has 0 spiro atoms. The van der Waals surface area contributed by atoms with Crippen LogP contribution < -0.4 is 4.74 Å². The highest BCUT2D eigenvalue weighted by Gasteiger charge is 2.04. The summed E-state index contributed by atoms with van der Waals surface area (Å²) in [6.07, 6.45) is 3.67. The molecule has 2 rings (SSSR count). The van der Waals surface area contributed by atoms with Crippen molar-refractivity contribution in [1.29, 1.82) is 0 Å². The second kappa shape index (κ2) is 4.70. The molecular weight excluding hydrogens is 268 g/mol. The van der Waals surface area contributed by atoms with Gasteiger partial charge in [-0.3, -0.25) is 0 Å². The summed E-state index contributed by atoms with van der Waals surface area (Å²) < 4.78 is 8.61. The minimum atomic E-state index is 0.477. The molecule has 1 heterocycles. The Morgan fingerprint density at radius 1 is 1.44 bits per heavy atom. The first-order valence-electron chi connectivity index (χ1n) is 5.02. The predicted octanol–water partition coefficient (Wildman–Crippen LogP) is 3.07. The average Bonchev–Trinajstić information content (AvgIpc) is 2.63. The maximum atomic E-state index is 5.69. The van der Waals surface area contributed by atoms with Crippen LogP contribution in [0.5, 0.6) is 5.75 Å². The number of imidazole rings is 1. The summed E-state index contributed by atoms with van der Waals surface area (Å²) >= 11 is 3.48. The average molecular weight is 281 g/mol. The van der Waals surface area contributed by atoms with Crippen LogP contribution in [0.3, 0.4) is 0 Å². The number of hydrogen-bond donors (Lipinski definition) is 0. The molecule has 4 heteroatoms. The SMILES string of the molecule is Cc1ccc(OCc2nccn2C)c(Br)c1. The van der Waals surface area contributed by atoms with Gasteiger partial charge in [-0.05, 0) is 40.5 Å². The van der Waals surface area contributed by atoms with Crippen LogP contribution in [0.15, 0.2) is 35.1 Å². The summed E-state index contributed by atoms with van der Waals surface area (Å²) in [5, 5.41) is 0. The fourth-order valence-corrected chi connectivity index (χ4v) is 2.01. The van der Waals surface area contributed by atoms with Gasteiger partial charge in [0.1, 0.15) is 18.2 Å². The standard InChI is InChI=1S/C12H13BrN2O/c1-9-3-4-11(10(13)7-9)16-8-12-14-5-6-15(12)2/h3-7H,8H2,1-2H3. The third-order valence-electron chi connectivity index (χ3n) is 2.37. The van der Waals surface area contributed by atoms with Gasteiger partial charge in [0.05, 0.1) is 4.47 Å². The van der Waals surface area contributed by atoms with Crippen LogP contribution in [0.25, 0.3) is 0 Å². The van der Waals surface area contributed by atoms with E-state index < -0.39 is 0 Å². The third-order valence-corrected chi connectivity index (χ3v) is 2.98. The Hall–Kier alpha value is -1.29. The van der Waals surface area contributed by atoms with Gasteiger partial charge in [0, 0.05) is 19.4 Å². The molecular formula is C12H13BrN2O. The molecule has 1 aromatic heterocycles. The molecule has 0 unspecified atom stereocenters. The first kappa shape index (κ1) is 11.2. The monoisotopic (exact) mass is 280 g/mol. The smallest absolute Gasteiger partial charge is 0.146 e. The van der Waals surface area contributed by atoms with E-state index in [1.54, 1.807) is 6.20 Å². The maximum Gasteiger partial charge on any atom is 0.146 e. The highest BCUT2D eigenvalue weighted by atomic mass is 79.9. The Bertz CT molecular complexity index is 494. The van der Waals surface area contributed by atoms with E-state index in [4.69, 9.17) is 4.74 Å². The lowest BCUT2D eigenvalue weighted by Gasteiger charge is -2.08. The van der Waals surface area contributed by atoms with Gasteiger partial charge in [0.2, 0.25) is 0 Å². The molecule has 0 amide bonds. The van der Waals surface area contributed by atoms with Crippen LogP contribution in [-0.2, 0) is 13.7 Å². The molecule has 0 atom stereocenters. The van der Waals surface area contributed by atoms with E-state index in [-0.39, 0.29) is 0 Å². The minimum Gasteiger partial charge on any atom is -0.485 e. The zero-order valence-electron chi connectivity index (χ0n) is 9.27. The second-order valence-electron chi connectivity index (χ2n) is 3.68. The summed E-state index contributed by atoms with van der Waals surface area (Å²) in [6.45, 7) is 2.53. The number of benzene rings is 1. The molecule has 84 valence electrons. The van der Waals surface area contributed by atoms with Crippen LogP contribution in [-0.4, -0.2) is 9.55 Å². The van der Waals surface area contributed by atoms with Crippen molar-refractivity contribution in [1.82, 2.24) is 9.55 Å². The van der Waals surface area contributed by atoms with Crippen molar-refractivity contribution in [2.75, 3.05) is 0 Å². The molecule has 0 saturated heterocycles. The molecule has 0 aliphatic carbocycles. The predicted molar refractivity (Wildman–Crippen MR) is 66.4 cm³/mol. The summed E-state index contributed by atoms with van der Waals surface area (Å²) in [6, 6.07) is 6.02. The molecule has 0 fully saturated rings. The number of aryl methyl sites for hydroxylation is 2. The quantitative estimate of drug-likeness (QED) is 0.864. The third kappa shape index (κ3) is 2.44. The van der Waals surface area contributed by atoms with Gasteiger partial charge in [0.15, 0.2) is 0 Å². The molecule has 3 nitrogen and oxygen atoms in total. The summed E-state index contributed by atoms with van der Waals surface area (Å²) in [7, 11) is 1.95. The highest BCUT2D eigenvalue weighted by molar-refractivity contribution is 9.10. The number of hydrogen-bond acceptors (Lipinski definition) is 2. The van der Waals surface area contributed by atoms with Crippen LogP contribution in [0, 0.1) is 6.92 Å². The molecule has 0 N–H and O–H groups in total. The molecule has 1 aromatic carbocycles. The Kier molecular flexibility index (Phi) is 3.29. The van der Waals surface area contributed by atoms with Crippen molar-refractivity contribution >= 4 is 15.9 Å². The van der Waals surface area contributed by atoms with E-state index in [2.05, 4.69) is 20.9 Å². The fraction of sp³-hybridized carbons (Fsp3) is 0.250.